The van der Waals surface area contributed by atoms with E-state index in [-0.39, 0.29) is 11.7 Å². The first-order valence-corrected chi connectivity index (χ1v) is 12.8. The molecule has 37 heavy (non-hydrogen) atoms. The summed E-state index contributed by atoms with van der Waals surface area (Å²) >= 11 is 0. The highest BCUT2D eigenvalue weighted by Crippen LogP contribution is 2.35. The summed E-state index contributed by atoms with van der Waals surface area (Å²) in [5.74, 6) is 1.55. The molecule has 9 nitrogen and oxygen atoms in total. The summed E-state index contributed by atoms with van der Waals surface area (Å²) in [4.78, 5) is 26.3. The lowest BCUT2D eigenvalue weighted by Gasteiger charge is -2.33. The number of phenols is 1. The quantitative estimate of drug-likeness (QED) is 0.510. The minimum Gasteiger partial charge on any atom is -0.508 e. The van der Waals surface area contributed by atoms with Gasteiger partial charge in [0.25, 0.3) is 0 Å². The Balaban J connectivity index is 0.000000307. The highest BCUT2D eigenvalue weighted by molar-refractivity contribution is 5.95. The number of carbonyl (C=O) groups is 1. The van der Waals surface area contributed by atoms with Gasteiger partial charge in [-0.15, -0.1) is 0 Å². The fourth-order valence-corrected chi connectivity index (χ4v) is 4.76. The first-order valence-electron chi connectivity index (χ1n) is 12.8. The molecular weight excluding hydrogens is 468 g/mol. The van der Waals surface area contributed by atoms with Gasteiger partial charge in [-0.25, -0.2) is 4.98 Å². The number of ether oxygens (including phenoxy) is 1. The zero-order valence-electron chi connectivity index (χ0n) is 21.7. The van der Waals surface area contributed by atoms with Gasteiger partial charge in [0.2, 0.25) is 11.9 Å². The second-order valence-corrected chi connectivity index (χ2v) is 9.01. The lowest BCUT2D eigenvalue weighted by molar-refractivity contribution is -0.125. The van der Waals surface area contributed by atoms with Crippen LogP contribution in [0.1, 0.15) is 25.1 Å². The first-order chi connectivity index (χ1) is 17.9. The van der Waals surface area contributed by atoms with Crippen molar-refractivity contribution in [2.75, 3.05) is 61.5 Å². The molecule has 2 aliphatic heterocycles. The van der Waals surface area contributed by atoms with Crippen molar-refractivity contribution in [2.24, 2.45) is 0 Å². The zero-order valence-corrected chi connectivity index (χ0v) is 21.7. The molecule has 3 N–H and O–H groups in total. The summed E-state index contributed by atoms with van der Waals surface area (Å²) in [6.45, 7) is 13.2. The normalized spacial score (nSPS) is 15.0. The number of amides is 1. The Hall–Kier alpha value is -3.85. The summed E-state index contributed by atoms with van der Waals surface area (Å²) < 4.78 is 5.43. The molecule has 0 radical (unpaired) electrons. The van der Waals surface area contributed by atoms with Crippen LogP contribution in [0.3, 0.4) is 0 Å². The van der Waals surface area contributed by atoms with E-state index in [4.69, 9.17) is 15.5 Å². The van der Waals surface area contributed by atoms with E-state index in [1.54, 1.807) is 11.0 Å². The zero-order chi connectivity index (χ0) is 26.4. The number of rotatable bonds is 5. The van der Waals surface area contributed by atoms with E-state index in [1.807, 2.05) is 38.1 Å². The van der Waals surface area contributed by atoms with Crippen LogP contribution in [-0.4, -0.2) is 71.8 Å². The van der Waals surface area contributed by atoms with Gasteiger partial charge in [0, 0.05) is 55.4 Å². The number of anilines is 3. The van der Waals surface area contributed by atoms with Crippen molar-refractivity contribution in [2.45, 2.75) is 26.8 Å². The molecule has 0 atom stereocenters. The Bertz CT molecular complexity index is 1250. The maximum atomic E-state index is 10.8. The van der Waals surface area contributed by atoms with Crippen molar-refractivity contribution in [3.8, 4) is 5.75 Å². The first kappa shape index (κ1) is 26.2. The average Bonchev–Trinajstić information content (AvgIpc) is 2.93. The summed E-state index contributed by atoms with van der Waals surface area (Å²) in [5, 5.41) is 12.4. The van der Waals surface area contributed by atoms with Gasteiger partial charge in [-0.1, -0.05) is 30.8 Å². The third-order valence-corrected chi connectivity index (χ3v) is 6.79. The van der Waals surface area contributed by atoms with Gasteiger partial charge in [0.15, 0.2) is 0 Å². The summed E-state index contributed by atoms with van der Waals surface area (Å²) in [6, 6.07) is 11.8. The number of morpholine rings is 1. The van der Waals surface area contributed by atoms with Crippen LogP contribution in [0.5, 0.6) is 5.75 Å². The largest absolute Gasteiger partial charge is 0.508 e. The molecule has 2 aromatic carbocycles. The van der Waals surface area contributed by atoms with E-state index >= 15 is 0 Å². The van der Waals surface area contributed by atoms with E-state index in [0.717, 1.165) is 66.9 Å². The van der Waals surface area contributed by atoms with Crippen molar-refractivity contribution in [3.63, 3.8) is 0 Å². The molecule has 1 saturated heterocycles. The Morgan fingerprint density at radius 1 is 1.14 bits per heavy atom. The second kappa shape index (κ2) is 11.9. The minimum atomic E-state index is 0.0139. The SMILES string of the molecule is C=CC(=O)N(CC)CC.Nc1nc(N2CCOCC2)nc2c1CCN(c1cc(O)cc3ccccc13)C2. The highest BCUT2D eigenvalue weighted by atomic mass is 16.5. The number of benzene rings is 2. The predicted molar refractivity (Wildman–Crippen MR) is 148 cm³/mol. The van der Waals surface area contributed by atoms with E-state index < -0.39 is 0 Å². The van der Waals surface area contributed by atoms with Gasteiger partial charge >= 0.3 is 0 Å². The number of aromatic hydroxyl groups is 1. The maximum Gasteiger partial charge on any atom is 0.245 e. The molecule has 1 aromatic heterocycles. The van der Waals surface area contributed by atoms with E-state index in [2.05, 4.69) is 27.4 Å². The van der Waals surface area contributed by atoms with Crippen LogP contribution in [0.15, 0.2) is 49.1 Å². The van der Waals surface area contributed by atoms with Crippen LogP contribution < -0.4 is 15.5 Å². The number of aromatic nitrogens is 2. The van der Waals surface area contributed by atoms with Crippen LogP contribution in [0.25, 0.3) is 10.8 Å². The Kier molecular flexibility index (Phi) is 8.45. The summed E-state index contributed by atoms with van der Waals surface area (Å²) in [7, 11) is 0. The number of hydrogen-bond acceptors (Lipinski definition) is 8. The molecule has 0 bridgehead atoms. The van der Waals surface area contributed by atoms with E-state index in [0.29, 0.717) is 31.5 Å². The van der Waals surface area contributed by atoms with Gasteiger partial charge in [-0.2, -0.15) is 4.98 Å². The van der Waals surface area contributed by atoms with Crippen LogP contribution in [0, 0.1) is 0 Å². The van der Waals surface area contributed by atoms with Crippen molar-refractivity contribution in [1.29, 1.82) is 0 Å². The third kappa shape index (κ3) is 5.94. The number of nitrogen functional groups attached to an aromatic ring is 1. The van der Waals surface area contributed by atoms with Gasteiger partial charge < -0.3 is 30.3 Å². The van der Waals surface area contributed by atoms with Gasteiger partial charge in [-0.3, -0.25) is 4.79 Å². The van der Waals surface area contributed by atoms with Crippen molar-refractivity contribution < 1.29 is 14.6 Å². The molecule has 0 unspecified atom stereocenters. The fraction of sp³-hybridized carbons (Fsp3) is 0.393. The van der Waals surface area contributed by atoms with Crippen LogP contribution in [0.4, 0.5) is 17.5 Å². The van der Waals surface area contributed by atoms with Gasteiger partial charge in [0.1, 0.15) is 11.6 Å². The second-order valence-electron chi connectivity index (χ2n) is 9.01. The number of nitrogens with zero attached hydrogens (tertiary/aromatic N) is 5. The molecule has 0 aliphatic carbocycles. The smallest absolute Gasteiger partial charge is 0.245 e. The van der Waals surface area contributed by atoms with Crippen molar-refractivity contribution in [1.82, 2.24) is 14.9 Å². The van der Waals surface area contributed by atoms with Crippen LogP contribution >= 0.6 is 0 Å². The number of carbonyl (C=O) groups excluding carboxylic acids is 1. The Morgan fingerprint density at radius 3 is 2.54 bits per heavy atom. The lowest BCUT2D eigenvalue weighted by Crippen LogP contribution is -2.38. The van der Waals surface area contributed by atoms with Crippen molar-refractivity contribution in [3.05, 3.63) is 60.3 Å². The third-order valence-electron chi connectivity index (χ3n) is 6.79. The molecule has 3 heterocycles. The molecule has 9 heteroatoms. The Labute approximate surface area is 218 Å². The molecular formula is C28H36N6O3. The molecule has 5 rings (SSSR count). The molecule has 3 aromatic rings. The Morgan fingerprint density at radius 2 is 1.86 bits per heavy atom. The average molecular weight is 505 g/mol. The van der Waals surface area contributed by atoms with Gasteiger partial charge in [-0.05, 0) is 37.8 Å². The van der Waals surface area contributed by atoms with Crippen molar-refractivity contribution >= 4 is 34.1 Å². The monoisotopic (exact) mass is 504 g/mol. The molecule has 0 spiro atoms. The summed E-state index contributed by atoms with van der Waals surface area (Å²) in [6.07, 6.45) is 2.13. The van der Waals surface area contributed by atoms with Crippen LogP contribution in [-0.2, 0) is 22.5 Å². The lowest BCUT2D eigenvalue weighted by atomic mass is 10.0. The maximum absolute atomic E-state index is 10.8. The molecule has 2 aliphatic rings. The molecule has 0 saturated carbocycles. The van der Waals surface area contributed by atoms with E-state index in [9.17, 15) is 9.90 Å². The molecule has 1 fully saturated rings. The number of fused-ring (bicyclic) bond motifs is 2. The number of nitrogens with two attached hydrogens (primary N) is 1. The molecule has 196 valence electrons. The highest BCUT2D eigenvalue weighted by Gasteiger charge is 2.25. The summed E-state index contributed by atoms with van der Waals surface area (Å²) in [5.41, 5.74) is 9.30. The fourth-order valence-electron chi connectivity index (χ4n) is 4.76. The molecule has 1 amide bonds. The number of phenolic OH excluding ortho intramolecular Hbond substituents is 1. The van der Waals surface area contributed by atoms with Crippen LogP contribution in [0.2, 0.25) is 0 Å². The van der Waals surface area contributed by atoms with E-state index in [1.165, 1.54) is 6.08 Å². The predicted octanol–water partition coefficient (Wildman–Crippen LogP) is 3.36. The standard InChI is InChI=1S/C21H23N5O2.C7H13NO/c22-20-17-5-6-26(19-12-15(27)11-14-3-1-2-4-16(14)19)13-18(17)23-21(24-20)25-7-9-28-10-8-25;1-4-7(9)8(5-2)6-3/h1-4,11-12,27H,5-10,13H2,(H2,22,23,24);4H,1,5-6H2,2-3H3. The van der Waals surface area contributed by atoms with Gasteiger partial charge in [0.05, 0.1) is 25.5 Å². The topological polar surface area (TPSA) is 108 Å². The number of likely N-dealkylation sites (N-methyl/N-ethyl adjacent to an activating group) is 1. The minimum absolute atomic E-state index is 0.0139. The number of hydrogen-bond donors (Lipinski definition) is 2.